The summed E-state index contributed by atoms with van der Waals surface area (Å²) in [5.41, 5.74) is 3.11. The number of benzene rings is 1. The Morgan fingerprint density at radius 1 is 1.33 bits per heavy atom. The molecule has 24 heavy (non-hydrogen) atoms. The van der Waals surface area contributed by atoms with Crippen molar-refractivity contribution in [3.63, 3.8) is 0 Å². The average molecular weight is 411 g/mol. The first-order valence-electron chi connectivity index (χ1n) is 8.35. The zero-order valence-corrected chi connectivity index (χ0v) is 16.2. The molecule has 0 amide bonds. The van der Waals surface area contributed by atoms with Gasteiger partial charge in [0.05, 0.1) is 16.7 Å². The van der Waals surface area contributed by atoms with Crippen molar-refractivity contribution in [1.29, 1.82) is 0 Å². The normalized spacial score (nSPS) is 17.6. The lowest BCUT2D eigenvalue weighted by Gasteiger charge is -2.22. The second kappa shape index (κ2) is 7.72. The largest absolute Gasteiger partial charge is 0.359 e. The number of nitrogens with zero attached hydrogens (tertiary/aromatic N) is 2. The predicted molar refractivity (Wildman–Crippen MR) is 102 cm³/mol. The molecule has 0 spiro atoms. The molecule has 6 heteroatoms. The van der Waals surface area contributed by atoms with E-state index in [1.54, 1.807) is 0 Å². The number of rotatable bonds is 2. The van der Waals surface area contributed by atoms with Crippen LogP contribution in [0.3, 0.4) is 0 Å². The average Bonchev–Trinajstić information content (AvgIpc) is 3.28. The lowest BCUT2D eigenvalue weighted by Crippen LogP contribution is -2.18. The van der Waals surface area contributed by atoms with E-state index in [2.05, 4.69) is 38.3 Å². The fourth-order valence-corrected chi connectivity index (χ4v) is 3.49. The van der Waals surface area contributed by atoms with E-state index >= 15 is 0 Å². The minimum Gasteiger partial charge on any atom is -0.359 e. The quantitative estimate of drug-likeness (QED) is 0.548. The molecule has 1 fully saturated rings. The Morgan fingerprint density at radius 3 is 2.92 bits per heavy atom. The van der Waals surface area contributed by atoms with E-state index < -0.39 is 0 Å². The molecule has 0 aliphatic carbocycles. The van der Waals surface area contributed by atoms with Gasteiger partial charge in [0.1, 0.15) is 6.23 Å². The van der Waals surface area contributed by atoms with Crippen LogP contribution in [-0.2, 0) is 4.74 Å². The Morgan fingerprint density at radius 2 is 2.17 bits per heavy atom. The summed E-state index contributed by atoms with van der Waals surface area (Å²) in [6, 6.07) is 4.03. The van der Waals surface area contributed by atoms with Crippen molar-refractivity contribution < 1.29 is 4.74 Å². The summed E-state index contributed by atoms with van der Waals surface area (Å²) in [4.78, 5) is 3.25. The maximum atomic E-state index is 6.33. The van der Waals surface area contributed by atoms with Crippen molar-refractivity contribution in [3.05, 3.63) is 40.2 Å². The molecule has 0 saturated carbocycles. The molecular weight excluding hydrogens is 390 g/mol. The molecule has 1 N–H and O–H groups in total. The fourth-order valence-electron chi connectivity index (χ4n) is 2.94. The van der Waals surface area contributed by atoms with Gasteiger partial charge in [0, 0.05) is 40.0 Å². The number of aromatic nitrogens is 3. The van der Waals surface area contributed by atoms with Gasteiger partial charge < -0.3 is 9.72 Å². The topological polar surface area (TPSA) is 42.8 Å². The molecule has 1 unspecified atom stereocenters. The Labute approximate surface area is 155 Å². The van der Waals surface area contributed by atoms with Crippen molar-refractivity contribution in [3.8, 4) is 11.1 Å². The Hall–Kier alpha value is -1.30. The zero-order valence-electron chi connectivity index (χ0n) is 13.9. The highest BCUT2D eigenvalue weighted by atomic mass is 79.9. The molecule has 1 aliphatic rings. The van der Waals surface area contributed by atoms with Crippen LogP contribution < -0.4 is 0 Å². The molecule has 2 aromatic heterocycles. The highest BCUT2D eigenvalue weighted by Crippen LogP contribution is 2.36. The smallest absolute Gasteiger partial charge is 0.150 e. The predicted octanol–water partition coefficient (Wildman–Crippen LogP) is 6.17. The molecule has 4 nitrogen and oxygen atoms in total. The Kier molecular flexibility index (Phi) is 5.64. The monoisotopic (exact) mass is 409 g/mol. The molecule has 1 saturated heterocycles. The van der Waals surface area contributed by atoms with Gasteiger partial charge in [-0.2, -0.15) is 5.10 Å². The first-order chi connectivity index (χ1) is 11.7. The van der Waals surface area contributed by atoms with Crippen LogP contribution in [0, 0.1) is 0 Å². The van der Waals surface area contributed by atoms with Crippen molar-refractivity contribution in [1.82, 2.24) is 14.8 Å². The summed E-state index contributed by atoms with van der Waals surface area (Å²) in [5.74, 6) is 0. The van der Waals surface area contributed by atoms with Gasteiger partial charge in [-0.3, -0.25) is 0 Å². The van der Waals surface area contributed by atoms with Gasteiger partial charge in [-0.05, 0) is 41.3 Å². The summed E-state index contributed by atoms with van der Waals surface area (Å²) in [6.45, 7) is 4.82. The summed E-state index contributed by atoms with van der Waals surface area (Å²) in [5, 5.41) is 6.27. The van der Waals surface area contributed by atoms with Crippen LogP contribution in [0.25, 0.3) is 22.0 Å². The summed E-state index contributed by atoms with van der Waals surface area (Å²) < 4.78 is 8.60. The van der Waals surface area contributed by atoms with Crippen LogP contribution >= 0.6 is 27.5 Å². The van der Waals surface area contributed by atoms with E-state index in [1.807, 2.05) is 37.0 Å². The molecule has 1 atom stereocenters. The zero-order chi connectivity index (χ0) is 17.1. The van der Waals surface area contributed by atoms with Gasteiger partial charge in [0.2, 0.25) is 0 Å². The first kappa shape index (κ1) is 17.5. The van der Waals surface area contributed by atoms with Gasteiger partial charge in [-0.1, -0.05) is 31.5 Å². The van der Waals surface area contributed by atoms with Gasteiger partial charge in [0.25, 0.3) is 0 Å². The number of hydrogen-bond acceptors (Lipinski definition) is 2. The lowest BCUT2D eigenvalue weighted by molar-refractivity contribution is -0.0394. The maximum absolute atomic E-state index is 6.33. The van der Waals surface area contributed by atoms with Crippen LogP contribution in [0.1, 0.15) is 39.3 Å². The maximum Gasteiger partial charge on any atom is 0.150 e. The molecule has 0 bridgehead atoms. The molecular formula is C18H21BrClN3O. The van der Waals surface area contributed by atoms with Crippen molar-refractivity contribution in [2.45, 2.75) is 39.3 Å². The summed E-state index contributed by atoms with van der Waals surface area (Å²) in [7, 11) is 0. The summed E-state index contributed by atoms with van der Waals surface area (Å²) >= 11 is 9.79. The van der Waals surface area contributed by atoms with Crippen LogP contribution in [0.2, 0.25) is 5.02 Å². The second-order valence-corrected chi connectivity index (χ2v) is 6.75. The highest BCUT2D eigenvalue weighted by molar-refractivity contribution is 9.10. The van der Waals surface area contributed by atoms with Crippen LogP contribution in [-0.4, -0.2) is 21.4 Å². The number of hydrogen-bond donors (Lipinski definition) is 1. The number of aromatic amines is 1. The van der Waals surface area contributed by atoms with Gasteiger partial charge in [-0.25, -0.2) is 4.68 Å². The van der Waals surface area contributed by atoms with Crippen molar-refractivity contribution in [2.24, 2.45) is 0 Å². The molecule has 128 valence electrons. The van der Waals surface area contributed by atoms with Crippen molar-refractivity contribution >= 4 is 38.4 Å². The standard InChI is InChI=1S/C16H15BrClN3O.C2H6/c17-13-5-4-11-12(8-19-16(11)15(13)18)10-7-20-21(9-10)14-3-1-2-6-22-14;1-2/h4-5,7-9,14,19H,1-3,6H2;1-2H3. The van der Waals surface area contributed by atoms with Gasteiger partial charge >= 0.3 is 0 Å². The number of ether oxygens (including phenoxy) is 1. The first-order valence-corrected chi connectivity index (χ1v) is 9.52. The van der Waals surface area contributed by atoms with Crippen molar-refractivity contribution in [2.75, 3.05) is 6.61 Å². The number of halogens is 2. The lowest BCUT2D eigenvalue weighted by atomic mass is 10.1. The molecule has 3 aromatic rings. The molecule has 3 heterocycles. The van der Waals surface area contributed by atoms with E-state index in [0.29, 0.717) is 5.02 Å². The third kappa shape index (κ3) is 3.25. The van der Waals surface area contributed by atoms with Gasteiger partial charge in [0.15, 0.2) is 0 Å². The number of nitrogens with one attached hydrogen (secondary N) is 1. The summed E-state index contributed by atoms with van der Waals surface area (Å²) in [6.07, 6.45) is 9.33. The van der Waals surface area contributed by atoms with Gasteiger partial charge in [-0.15, -0.1) is 0 Å². The molecule has 4 rings (SSSR count). The molecule has 1 aromatic carbocycles. The molecule has 0 radical (unpaired) electrons. The van der Waals surface area contributed by atoms with E-state index in [4.69, 9.17) is 16.3 Å². The van der Waals surface area contributed by atoms with Crippen LogP contribution in [0.4, 0.5) is 0 Å². The second-order valence-electron chi connectivity index (χ2n) is 5.52. The van der Waals surface area contributed by atoms with E-state index in [-0.39, 0.29) is 6.23 Å². The van der Waals surface area contributed by atoms with E-state index in [9.17, 15) is 0 Å². The Bertz CT molecular complexity index is 821. The third-order valence-corrected chi connectivity index (χ3v) is 5.39. The fraction of sp³-hybridized carbons (Fsp3) is 0.389. The van der Waals surface area contributed by atoms with E-state index in [0.717, 1.165) is 46.0 Å². The van der Waals surface area contributed by atoms with E-state index in [1.165, 1.54) is 6.42 Å². The number of fused-ring (bicyclic) bond motifs is 1. The van der Waals surface area contributed by atoms with Crippen LogP contribution in [0.15, 0.2) is 35.2 Å². The minimum absolute atomic E-state index is 0.0606. The van der Waals surface area contributed by atoms with Crippen LogP contribution in [0.5, 0.6) is 0 Å². The SMILES string of the molecule is CC.Clc1c(Br)ccc2c(-c3cnn(C4CCCCO4)c3)c[nH]c12. The third-order valence-electron chi connectivity index (χ3n) is 4.11. The highest BCUT2D eigenvalue weighted by Gasteiger charge is 2.18. The molecule has 1 aliphatic heterocycles. The Balaban J connectivity index is 0.000000815. The minimum atomic E-state index is 0.0606. The number of H-pyrrole nitrogens is 1.